The first-order valence-electron chi connectivity index (χ1n) is 8.82. The molecule has 6 nitrogen and oxygen atoms in total. The predicted molar refractivity (Wildman–Crippen MR) is 96.2 cm³/mol. The van der Waals surface area contributed by atoms with Crippen LogP contribution in [0.5, 0.6) is 5.75 Å². The Labute approximate surface area is 161 Å². The van der Waals surface area contributed by atoms with Crippen molar-refractivity contribution in [1.82, 2.24) is 0 Å². The van der Waals surface area contributed by atoms with E-state index in [-0.39, 0.29) is 5.92 Å². The molecule has 0 radical (unpaired) electrons. The minimum absolute atomic E-state index is 0.246. The Morgan fingerprint density at radius 2 is 1.57 bits per heavy atom. The zero-order chi connectivity index (χ0) is 21.9. The number of carbonyl (C=O) groups is 2. The van der Waals surface area contributed by atoms with E-state index in [2.05, 4.69) is 20.8 Å². The summed E-state index contributed by atoms with van der Waals surface area (Å²) >= 11 is 0. The lowest BCUT2D eigenvalue weighted by atomic mass is 9.90. The van der Waals surface area contributed by atoms with Crippen LogP contribution in [0.3, 0.4) is 0 Å². The zero-order valence-electron chi connectivity index (χ0n) is 16.2. The lowest BCUT2D eigenvalue weighted by Crippen LogP contribution is -2.50. The van der Waals surface area contributed by atoms with Crippen molar-refractivity contribution in [1.29, 1.82) is 0 Å². The molecular weight excluding hydrogens is 379 g/mol. The molecule has 0 aromatic heterocycles. The van der Waals surface area contributed by atoms with Gasteiger partial charge in [0.15, 0.2) is 0 Å². The summed E-state index contributed by atoms with van der Waals surface area (Å²) in [7, 11) is 0. The van der Waals surface area contributed by atoms with Crippen LogP contribution in [0.1, 0.15) is 63.5 Å². The summed E-state index contributed by atoms with van der Waals surface area (Å²) in [5, 5.41) is 16.4. The second-order valence-corrected chi connectivity index (χ2v) is 7.36. The first-order chi connectivity index (χ1) is 12.7. The maximum absolute atomic E-state index is 11.3. The van der Waals surface area contributed by atoms with Crippen molar-refractivity contribution in [2.45, 2.75) is 64.3 Å². The molecule has 4 N–H and O–H groups in total. The van der Waals surface area contributed by atoms with Gasteiger partial charge >= 0.3 is 18.1 Å². The van der Waals surface area contributed by atoms with Crippen molar-refractivity contribution in [3.63, 3.8) is 0 Å². The van der Waals surface area contributed by atoms with Gasteiger partial charge in [0.25, 0.3) is 5.72 Å². The van der Waals surface area contributed by atoms with Crippen molar-refractivity contribution in [3.8, 4) is 5.75 Å². The average molecular weight is 405 g/mol. The highest BCUT2D eigenvalue weighted by Crippen LogP contribution is 2.46. The molecule has 0 aliphatic heterocycles. The molecule has 9 heteroatoms. The standard InChI is InChI=1S/C17H25NO3.C2HF3O2/c1-10(2)13-6-5-7-14(11(3)12-8-9-12)15(13)21-17(4,18)16(19)20;3-2(4,5)1(6)7/h5-7,10-12H,8-9,18H2,1-4H3,(H,19,20);(H,6,7)/t11-,17?;/m1./s1. The van der Waals surface area contributed by atoms with Crippen LogP contribution in [0.15, 0.2) is 18.2 Å². The largest absolute Gasteiger partial charge is 0.490 e. The van der Waals surface area contributed by atoms with Crippen LogP contribution < -0.4 is 10.5 Å². The molecule has 1 aromatic carbocycles. The lowest BCUT2D eigenvalue weighted by Gasteiger charge is -2.28. The molecule has 0 heterocycles. The number of alkyl halides is 3. The summed E-state index contributed by atoms with van der Waals surface area (Å²) in [6.45, 7) is 7.71. The summed E-state index contributed by atoms with van der Waals surface area (Å²) in [5.41, 5.74) is 6.16. The molecule has 1 aliphatic rings. The Kier molecular flexibility index (Phi) is 7.47. The lowest BCUT2D eigenvalue weighted by molar-refractivity contribution is -0.192. The molecular formula is C19H26F3NO5. The summed E-state index contributed by atoms with van der Waals surface area (Å²) in [4.78, 5) is 20.2. The van der Waals surface area contributed by atoms with Crippen LogP contribution in [0.4, 0.5) is 13.2 Å². The molecule has 28 heavy (non-hydrogen) atoms. The number of halogens is 3. The summed E-state index contributed by atoms with van der Waals surface area (Å²) in [5.74, 6) is -1.99. The molecule has 0 spiro atoms. The van der Waals surface area contributed by atoms with Crippen molar-refractivity contribution in [2.75, 3.05) is 0 Å². The maximum Gasteiger partial charge on any atom is 0.490 e. The van der Waals surface area contributed by atoms with Crippen LogP contribution in [-0.2, 0) is 9.59 Å². The van der Waals surface area contributed by atoms with Gasteiger partial charge in [-0.2, -0.15) is 13.2 Å². The molecule has 0 amide bonds. The molecule has 0 saturated heterocycles. The fourth-order valence-electron chi connectivity index (χ4n) is 2.61. The average Bonchev–Trinajstić information content (AvgIpc) is 3.38. The molecule has 1 aliphatic carbocycles. The van der Waals surface area contributed by atoms with Gasteiger partial charge in [-0.25, -0.2) is 9.59 Å². The number of nitrogens with two attached hydrogens (primary N) is 1. The highest BCUT2D eigenvalue weighted by Gasteiger charge is 2.38. The molecule has 1 saturated carbocycles. The summed E-state index contributed by atoms with van der Waals surface area (Å²) in [6.07, 6.45) is -2.63. The third-order valence-corrected chi connectivity index (χ3v) is 4.50. The van der Waals surface area contributed by atoms with Gasteiger partial charge in [-0.05, 0) is 41.7 Å². The van der Waals surface area contributed by atoms with Crippen molar-refractivity contribution < 1.29 is 37.7 Å². The van der Waals surface area contributed by atoms with E-state index in [1.807, 2.05) is 18.2 Å². The molecule has 2 rings (SSSR count). The van der Waals surface area contributed by atoms with Crippen LogP contribution in [0, 0.1) is 5.92 Å². The first kappa shape index (κ1) is 23.7. The number of carboxylic acids is 2. The Hall–Kier alpha value is -2.29. The molecule has 2 atom stereocenters. The summed E-state index contributed by atoms with van der Waals surface area (Å²) in [6, 6.07) is 6.04. The van der Waals surface area contributed by atoms with Crippen LogP contribution in [0.25, 0.3) is 0 Å². The van der Waals surface area contributed by atoms with Crippen LogP contribution >= 0.6 is 0 Å². The number of rotatable bonds is 6. The normalized spacial score (nSPS) is 17.2. The van der Waals surface area contributed by atoms with E-state index >= 15 is 0 Å². The maximum atomic E-state index is 11.3. The fraction of sp³-hybridized carbons (Fsp3) is 0.579. The number of carboxylic acid groups (broad SMARTS) is 2. The number of hydrogen-bond acceptors (Lipinski definition) is 4. The van der Waals surface area contributed by atoms with Gasteiger partial charge in [0.1, 0.15) is 5.75 Å². The Bertz CT molecular complexity index is 712. The van der Waals surface area contributed by atoms with Crippen molar-refractivity contribution in [3.05, 3.63) is 29.3 Å². The second kappa shape index (κ2) is 8.81. The Morgan fingerprint density at radius 1 is 1.11 bits per heavy atom. The van der Waals surface area contributed by atoms with Crippen LogP contribution in [-0.4, -0.2) is 34.1 Å². The Morgan fingerprint density at radius 3 is 1.93 bits per heavy atom. The van der Waals surface area contributed by atoms with Gasteiger partial charge in [0, 0.05) is 6.92 Å². The molecule has 0 bridgehead atoms. The minimum atomic E-state index is -5.08. The predicted octanol–water partition coefficient (Wildman–Crippen LogP) is 4.10. The minimum Gasteiger partial charge on any atom is -0.477 e. The third-order valence-electron chi connectivity index (χ3n) is 4.50. The number of para-hydroxylation sites is 1. The van der Waals surface area contributed by atoms with E-state index in [1.54, 1.807) is 0 Å². The molecule has 158 valence electrons. The van der Waals surface area contributed by atoms with E-state index < -0.39 is 23.8 Å². The fourth-order valence-corrected chi connectivity index (χ4v) is 2.61. The molecule has 1 aromatic rings. The highest BCUT2D eigenvalue weighted by molar-refractivity contribution is 5.76. The van der Waals surface area contributed by atoms with Gasteiger partial charge in [-0.1, -0.05) is 39.0 Å². The van der Waals surface area contributed by atoms with Gasteiger partial charge in [-0.3, -0.25) is 5.73 Å². The highest BCUT2D eigenvalue weighted by atomic mass is 19.4. The summed E-state index contributed by atoms with van der Waals surface area (Å²) < 4.78 is 37.5. The van der Waals surface area contributed by atoms with E-state index in [1.165, 1.54) is 19.8 Å². The number of ether oxygens (including phenoxy) is 1. The molecule has 1 unspecified atom stereocenters. The van der Waals surface area contributed by atoms with Gasteiger partial charge in [-0.15, -0.1) is 0 Å². The van der Waals surface area contributed by atoms with E-state index in [0.29, 0.717) is 17.6 Å². The smallest absolute Gasteiger partial charge is 0.477 e. The van der Waals surface area contributed by atoms with Crippen molar-refractivity contribution in [2.24, 2.45) is 11.7 Å². The monoisotopic (exact) mass is 405 g/mol. The first-order valence-corrected chi connectivity index (χ1v) is 8.82. The van der Waals surface area contributed by atoms with Gasteiger partial charge in [0.05, 0.1) is 0 Å². The van der Waals surface area contributed by atoms with Gasteiger partial charge < -0.3 is 14.9 Å². The number of benzene rings is 1. The van der Waals surface area contributed by atoms with E-state index in [4.69, 9.17) is 20.4 Å². The topological polar surface area (TPSA) is 110 Å². The van der Waals surface area contributed by atoms with E-state index in [0.717, 1.165) is 11.1 Å². The third kappa shape index (κ3) is 6.40. The Balaban J connectivity index is 0.000000480. The zero-order valence-corrected chi connectivity index (χ0v) is 16.2. The number of hydrogen-bond donors (Lipinski definition) is 3. The number of aliphatic carboxylic acids is 2. The second-order valence-electron chi connectivity index (χ2n) is 7.36. The van der Waals surface area contributed by atoms with Gasteiger partial charge in [0.2, 0.25) is 0 Å². The van der Waals surface area contributed by atoms with Crippen LogP contribution in [0.2, 0.25) is 0 Å². The quantitative estimate of drug-likeness (QED) is 0.615. The molecule has 1 fully saturated rings. The van der Waals surface area contributed by atoms with E-state index in [9.17, 15) is 23.1 Å². The SMILES string of the molecule is CC(C)c1cccc([C@H](C)C2CC2)c1OC(C)(N)C(=O)O.O=C(O)C(F)(F)F. The van der Waals surface area contributed by atoms with Crippen molar-refractivity contribution >= 4 is 11.9 Å².